The quantitative estimate of drug-likeness (QED) is 0.412. The van der Waals surface area contributed by atoms with Crippen LogP contribution in [-0.2, 0) is 27.0 Å². The van der Waals surface area contributed by atoms with Gasteiger partial charge in [0.15, 0.2) is 0 Å². The van der Waals surface area contributed by atoms with Gasteiger partial charge in [0.25, 0.3) is 5.69 Å². The van der Waals surface area contributed by atoms with Gasteiger partial charge in [-0.1, -0.05) is 24.3 Å². The van der Waals surface area contributed by atoms with Crippen LogP contribution >= 0.6 is 0 Å². The largest absolute Gasteiger partial charge is 0.384 e. The van der Waals surface area contributed by atoms with Crippen LogP contribution in [0.2, 0.25) is 0 Å². The maximum absolute atomic E-state index is 12.1. The Morgan fingerprint density at radius 2 is 1.58 bits per heavy atom. The molecule has 0 N–H and O–H groups in total. The van der Waals surface area contributed by atoms with Gasteiger partial charge in [0, 0.05) is 19.2 Å². The third-order valence-electron chi connectivity index (χ3n) is 3.23. The molecular formula is C16H17NO6S. The van der Waals surface area contributed by atoms with Crippen molar-refractivity contribution in [2.24, 2.45) is 0 Å². The highest BCUT2D eigenvalue weighted by molar-refractivity contribution is 7.86. The van der Waals surface area contributed by atoms with E-state index in [4.69, 9.17) is 8.92 Å². The summed E-state index contributed by atoms with van der Waals surface area (Å²) in [5, 5.41) is 10.6. The van der Waals surface area contributed by atoms with Crippen LogP contribution in [0.1, 0.15) is 11.1 Å². The van der Waals surface area contributed by atoms with E-state index in [1.165, 1.54) is 24.3 Å². The van der Waals surface area contributed by atoms with E-state index in [1.807, 2.05) is 0 Å². The molecule has 0 aromatic heterocycles. The summed E-state index contributed by atoms with van der Waals surface area (Å²) in [5.41, 5.74) is 1.33. The van der Waals surface area contributed by atoms with Gasteiger partial charge in [-0.25, -0.2) is 0 Å². The average Bonchev–Trinajstić information content (AvgIpc) is 2.54. The third-order valence-corrected chi connectivity index (χ3v) is 4.37. The maximum Gasteiger partial charge on any atom is 0.313 e. The summed E-state index contributed by atoms with van der Waals surface area (Å²) in [6.45, 7) is 0.582. The van der Waals surface area contributed by atoms with Gasteiger partial charge in [-0.2, -0.15) is 8.42 Å². The molecule has 0 aliphatic rings. The Hall–Kier alpha value is -2.45. The molecule has 0 saturated carbocycles. The molecular weight excluding hydrogens is 334 g/mol. The topological polar surface area (TPSA) is 95.7 Å². The molecule has 2 aromatic carbocycles. The lowest BCUT2D eigenvalue weighted by Crippen LogP contribution is -2.12. The average molecular weight is 351 g/mol. The predicted octanol–water partition coefficient (Wildman–Crippen LogP) is 2.69. The number of ether oxygens (including phenoxy) is 1. The number of non-ortho nitro benzene ring substituents is 1. The van der Waals surface area contributed by atoms with Crippen LogP contribution in [0.25, 0.3) is 0 Å². The molecule has 24 heavy (non-hydrogen) atoms. The molecule has 0 radical (unpaired) electrons. The minimum absolute atomic E-state index is 0.0938. The minimum atomic E-state index is -3.85. The monoisotopic (exact) mass is 351 g/mol. The Kier molecular flexibility index (Phi) is 5.88. The number of nitro groups is 1. The first-order chi connectivity index (χ1) is 11.4. The van der Waals surface area contributed by atoms with Crippen LogP contribution in [0.4, 0.5) is 5.69 Å². The van der Waals surface area contributed by atoms with Gasteiger partial charge < -0.3 is 8.92 Å². The van der Waals surface area contributed by atoms with E-state index >= 15 is 0 Å². The predicted molar refractivity (Wildman–Crippen MR) is 88.4 cm³/mol. The SMILES string of the molecule is COCCc1ccc(OS(=O)(=O)Cc2ccc([N+](=O)[O-])cc2)cc1. The molecule has 0 unspecified atom stereocenters. The summed E-state index contributed by atoms with van der Waals surface area (Å²) in [4.78, 5) is 10.0. The summed E-state index contributed by atoms with van der Waals surface area (Å²) in [7, 11) is -2.23. The van der Waals surface area contributed by atoms with Crippen LogP contribution in [-0.4, -0.2) is 27.1 Å². The molecule has 0 aliphatic heterocycles. The van der Waals surface area contributed by atoms with Gasteiger partial charge in [0.05, 0.1) is 11.5 Å². The van der Waals surface area contributed by atoms with Crippen molar-refractivity contribution in [2.75, 3.05) is 13.7 Å². The Morgan fingerprint density at radius 1 is 1.00 bits per heavy atom. The molecule has 0 amide bonds. The number of nitrogens with zero attached hydrogens (tertiary/aromatic N) is 1. The lowest BCUT2D eigenvalue weighted by Gasteiger charge is -2.08. The highest BCUT2D eigenvalue weighted by Crippen LogP contribution is 2.18. The van der Waals surface area contributed by atoms with Crippen LogP contribution in [0, 0.1) is 10.1 Å². The summed E-state index contributed by atoms with van der Waals surface area (Å²) < 4.78 is 34.2. The van der Waals surface area contributed by atoms with Crippen LogP contribution in [0.3, 0.4) is 0 Å². The molecule has 0 bridgehead atoms. The van der Waals surface area contributed by atoms with Gasteiger partial charge in [-0.05, 0) is 29.7 Å². The molecule has 0 aliphatic carbocycles. The molecule has 0 saturated heterocycles. The summed E-state index contributed by atoms with van der Waals surface area (Å²) in [5.74, 6) is -0.144. The smallest absolute Gasteiger partial charge is 0.313 e. The first-order valence-corrected chi connectivity index (χ1v) is 8.71. The molecule has 8 heteroatoms. The molecule has 0 atom stereocenters. The maximum atomic E-state index is 12.1. The first-order valence-electron chi connectivity index (χ1n) is 7.13. The normalized spacial score (nSPS) is 11.2. The molecule has 7 nitrogen and oxygen atoms in total. The van der Waals surface area contributed by atoms with Gasteiger partial charge in [-0.15, -0.1) is 0 Å². The lowest BCUT2D eigenvalue weighted by molar-refractivity contribution is -0.384. The van der Waals surface area contributed by atoms with Crippen LogP contribution < -0.4 is 4.18 Å². The van der Waals surface area contributed by atoms with Gasteiger partial charge in [-0.3, -0.25) is 10.1 Å². The Labute approximate surface area is 140 Å². The van der Waals surface area contributed by atoms with Crippen LogP contribution in [0.5, 0.6) is 5.75 Å². The van der Waals surface area contributed by atoms with E-state index in [0.29, 0.717) is 12.2 Å². The molecule has 0 fully saturated rings. The van der Waals surface area contributed by atoms with Gasteiger partial charge in [0.1, 0.15) is 11.5 Å². The second kappa shape index (κ2) is 7.89. The summed E-state index contributed by atoms with van der Waals surface area (Å²) in [6.07, 6.45) is 0.728. The molecule has 0 heterocycles. The zero-order chi connectivity index (χ0) is 17.6. The first kappa shape index (κ1) is 17.9. The zero-order valence-electron chi connectivity index (χ0n) is 13.0. The lowest BCUT2D eigenvalue weighted by atomic mass is 10.1. The zero-order valence-corrected chi connectivity index (χ0v) is 13.9. The van der Waals surface area contributed by atoms with Crippen molar-refractivity contribution >= 4 is 15.8 Å². The molecule has 2 rings (SSSR count). The fourth-order valence-electron chi connectivity index (χ4n) is 2.03. The fraction of sp³-hybridized carbons (Fsp3) is 0.250. The summed E-state index contributed by atoms with van der Waals surface area (Å²) in [6, 6.07) is 12.0. The number of rotatable bonds is 8. The van der Waals surface area contributed by atoms with E-state index in [-0.39, 0.29) is 17.2 Å². The number of hydrogen-bond donors (Lipinski definition) is 0. The summed E-state index contributed by atoms with van der Waals surface area (Å²) >= 11 is 0. The van der Waals surface area contributed by atoms with Crippen molar-refractivity contribution in [3.05, 3.63) is 69.8 Å². The Bertz CT molecular complexity index is 784. The standard InChI is InChI=1S/C16H17NO6S/c1-22-11-10-13-4-8-16(9-5-13)23-24(20,21)12-14-2-6-15(7-3-14)17(18)19/h2-9H,10-12H2,1H3. The van der Waals surface area contributed by atoms with E-state index < -0.39 is 15.0 Å². The minimum Gasteiger partial charge on any atom is -0.384 e. The fourth-order valence-corrected chi connectivity index (χ4v) is 3.09. The third kappa shape index (κ3) is 5.32. The molecule has 2 aromatic rings. The van der Waals surface area contributed by atoms with E-state index in [9.17, 15) is 18.5 Å². The Morgan fingerprint density at radius 3 is 2.12 bits per heavy atom. The van der Waals surface area contributed by atoms with Crippen molar-refractivity contribution in [1.29, 1.82) is 0 Å². The second-order valence-electron chi connectivity index (χ2n) is 5.10. The highest BCUT2D eigenvalue weighted by Gasteiger charge is 2.15. The van der Waals surface area contributed by atoms with Crippen molar-refractivity contribution < 1.29 is 22.3 Å². The van der Waals surface area contributed by atoms with E-state index in [1.54, 1.807) is 31.4 Å². The number of methoxy groups -OCH3 is 1. The van der Waals surface area contributed by atoms with Crippen LogP contribution in [0.15, 0.2) is 48.5 Å². The number of nitro benzene ring substituents is 1. The van der Waals surface area contributed by atoms with E-state index in [0.717, 1.165) is 12.0 Å². The molecule has 0 spiro atoms. The van der Waals surface area contributed by atoms with Gasteiger partial charge >= 0.3 is 10.1 Å². The Balaban J connectivity index is 2.01. The van der Waals surface area contributed by atoms with Crippen molar-refractivity contribution in [2.45, 2.75) is 12.2 Å². The van der Waals surface area contributed by atoms with Crippen molar-refractivity contribution in [1.82, 2.24) is 0 Å². The molecule has 128 valence electrons. The van der Waals surface area contributed by atoms with Crippen molar-refractivity contribution in [3.8, 4) is 5.75 Å². The second-order valence-corrected chi connectivity index (χ2v) is 6.67. The van der Waals surface area contributed by atoms with Crippen molar-refractivity contribution in [3.63, 3.8) is 0 Å². The number of benzene rings is 2. The highest BCUT2D eigenvalue weighted by atomic mass is 32.2. The number of hydrogen-bond acceptors (Lipinski definition) is 6. The van der Waals surface area contributed by atoms with E-state index in [2.05, 4.69) is 0 Å². The van der Waals surface area contributed by atoms with Gasteiger partial charge in [0.2, 0.25) is 0 Å².